The predicted molar refractivity (Wildman–Crippen MR) is 104 cm³/mol. The van der Waals surface area contributed by atoms with Crippen molar-refractivity contribution in [1.29, 1.82) is 0 Å². The topological polar surface area (TPSA) is 54.0 Å². The molecule has 0 bridgehead atoms. The van der Waals surface area contributed by atoms with Crippen LogP contribution in [0.1, 0.15) is 18.5 Å². The fourth-order valence-electron chi connectivity index (χ4n) is 3.57. The van der Waals surface area contributed by atoms with E-state index in [2.05, 4.69) is 15.1 Å². The molecule has 2 aliphatic rings. The Balaban J connectivity index is 1.26. The lowest BCUT2D eigenvalue weighted by atomic mass is 10.1. The van der Waals surface area contributed by atoms with Crippen molar-refractivity contribution >= 4 is 11.6 Å². The lowest BCUT2D eigenvalue weighted by molar-refractivity contribution is -0.123. The van der Waals surface area contributed by atoms with Crippen LogP contribution < -0.4 is 19.7 Å². The first kappa shape index (κ1) is 18.6. The molecule has 1 atom stereocenters. The largest absolute Gasteiger partial charge is 0.454 e. The number of carbonyl (C=O) groups is 1. The van der Waals surface area contributed by atoms with Gasteiger partial charge in [-0.15, -0.1) is 0 Å². The van der Waals surface area contributed by atoms with Crippen molar-refractivity contribution in [2.24, 2.45) is 0 Å². The van der Waals surface area contributed by atoms with E-state index < -0.39 is 0 Å². The van der Waals surface area contributed by atoms with E-state index in [0.29, 0.717) is 6.54 Å². The zero-order chi connectivity index (χ0) is 19.5. The van der Waals surface area contributed by atoms with Gasteiger partial charge in [-0.2, -0.15) is 0 Å². The molecule has 7 heteroatoms. The smallest absolute Gasteiger partial charge is 0.234 e. The van der Waals surface area contributed by atoms with Gasteiger partial charge in [-0.25, -0.2) is 4.39 Å². The number of amides is 1. The van der Waals surface area contributed by atoms with Crippen LogP contribution in [0, 0.1) is 5.82 Å². The second-order valence-electron chi connectivity index (χ2n) is 7.14. The number of carbonyl (C=O) groups excluding carboxylic acids is 1. The molecule has 2 aromatic carbocycles. The average Bonchev–Trinajstić information content (AvgIpc) is 3.17. The Labute approximate surface area is 163 Å². The number of fused-ring (bicyclic) bond motifs is 1. The Hall–Kier alpha value is -2.80. The Morgan fingerprint density at radius 2 is 1.79 bits per heavy atom. The number of nitrogens with zero attached hydrogens (tertiary/aromatic N) is 2. The number of benzene rings is 2. The number of hydrogen-bond acceptors (Lipinski definition) is 5. The second kappa shape index (κ2) is 8.06. The number of rotatable bonds is 5. The number of anilines is 1. The maximum Gasteiger partial charge on any atom is 0.234 e. The molecular formula is C21H24FN3O3. The highest BCUT2D eigenvalue weighted by Gasteiger charge is 2.21. The van der Waals surface area contributed by atoms with E-state index in [1.54, 1.807) is 12.1 Å². The standard InChI is InChI=1S/C21H24FN3O3/c1-15(16-2-7-19-20(12-16)28-14-27-19)23-21(26)13-24-8-10-25(11-9-24)18-5-3-17(22)4-6-18/h2-7,12,15H,8-11,13-14H2,1H3,(H,23,26)/t15-/m0/s1. The fourth-order valence-corrected chi connectivity index (χ4v) is 3.57. The molecule has 148 valence electrons. The minimum atomic E-state index is -0.226. The molecule has 2 heterocycles. The molecule has 2 aliphatic heterocycles. The summed E-state index contributed by atoms with van der Waals surface area (Å²) in [5.74, 6) is 1.23. The van der Waals surface area contributed by atoms with Gasteiger partial charge in [0, 0.05) is 31.9 Å². The lowest BCUT2D eigenvalue weighted by Crippen LogP contribution is -2.49. The van der Waals surface area contributed by atoms with Gasteiger partial charge >= 0.3 is 0 Å². The van der Waals surface area contributed by atoms with Crippen molar-refractivity contribution in [3.05, 3.63) is 53.8 Å². The van der Waals surface area contributed by atoms with Crippen molar-refractivity contribution in [2.75, 3.05) is 44.4 Å². The third-order valence-corrected chi connectivity index (χ3v) is 5.21. The molecular weight excluding hydrogens is 361 g/mol. The molecule has 28 heavy (non-hydrogen) atoms. The molecule has 1 saturated heterocycles. The molecule has 2 aromatic rings. The SMILES string of the molecule is C[C@H](NC(=O)CN1CCN(c2ccc(F)cc2)CC1)c1ccc2c(c1)OCO2. The first-order valence-electron chi connectivity index (χ1n) is 9.50. The first-order chi connectivity index (χ1) is 13.6. The van der Waals surface area contributed by atoms with E-state index in [1.165, 1.54) is 12.1 Å². The van der Waals surface area contributed by atoms with Crippen LogP contribution in [0.15, 0.2) is 42.5 Å². The van der Waals surface area contributed by atoms with E-state index in [1.807, 2.05) is 25.1 Å². The third kappa shape index (κ3) is 4.20. The van der Waals surface area contributed by atoms with E-state index in [-0.39, 0.29) is 24.6 Å². The minimum absolute atomic E-state index is 0.000369. The molecule has 0 radical (unpaired) electrons. The second-order valence-corrected chi connectivity index (χ2v) is 7.14. The Morgan fingerprint density at radius 1 is 1.07 bits per heavy atom. The molecule has 1 amide bonds. The van der Waals surface area contributed by atoms with Crippen LogP contribution in [0.4, 0.5) is 10.1 Å². The van der Waals surface area contributed by atoms with Crippen LogP contribution in [0.2, 0.25) is 0 Å². The van der Waals surface area contributed by atoms with Gasteiger partial charge in [0.25, 0.3) is 0 Å². The summed E-state index contributed by atoms with van der Waals surface area (Å²) < 4.78 is 23.8. The molecule has 1 fully saturated rings. The third-order valence-electron chi connectivity index (χ3n) is 5.21. The van der Waals surface area contributed by atoms with Crippen LogP contribution >= 0.6 is 0 Å². The monoisotopic (exact) mass is 385 g/mol. The van der Waals surface area contributed by atoms with Gasteiger partial charge in [-0.1, -0.05) is 6.07 Å². The lowest BCUT2D eigenvalue weighted by Gasteiger charge is -2.35. The fraction of sp³-hybridized carbons (Fsp3) is 0.381. The maximum atomic E-state index is 13.1. The average molecular weight is 385 g/mol. The summed E-state index contributed by atoms with van der Waals surface area (Å²) in [6, 6.07) is 12.2. The molecule has 0 unspecified atom stereocenters. The molecule has 1 N–H and O–H groups in total. The van der Waals surface area contributed by atoms with Crippen LogP contribution in [-0.2, 0) is 4.79 Å². The molecule has 6 nitrogen and oxygen atoms in total. The van der Waals surface area contributed by atoms with Gasteiger partial charge in [0.15, 0.2) is 11.5 Å². The highest BCUT2D eigenvalue weighted by Crippen LogP contribution is 2.34. The summed E-state index contributed by atoms with van der Waals surface area (Å²) in [5, 5.41) is 3.05. The predicted octanol–water partition coefficient (Wildman–Crippen LogP) is 2.55. The van der Waals surface area contributed by atoms with E-state index >= 15 is 0 Å². The summed E-state index contributed by atoms with van der Waals surface area (Å²) in [4.78, 5) is 16.8. The highest BCUT2D eigenvalue weighted by molar-refractivity contribution is 5.78. The number of ether oxygens (including phenoxy) is 2. The van der Waals surface area contributed by atoms with E-state index in [9.17, 15) is 9.18 Å². The zero-order valence-electron chi connectivity index (χ0n) is 15.9. The van der Waals surface area contributed by atoms with Crippen molar-refractivity contribution < 1.29 is 18.7 Å². The van der Waals surface area contributed by atoms with E-state index in [0.717, 1.165) is 48.9 Å². The summed E-state index contributed by atoms with van der Waals surface area (Å²) in [6.07, 6.45) is 0. The van der Waals surface area contributed by atoms with Crippen LogP contribution in [-0.4, -0.2) is 50.3 Å². The molecule has 0 aromatic heterocycles. The summed E-state index contributed by atoms with van der Waals surface area (Å²) in [6.45, 7) is 5.79. The zero-order valence-corrected chi connectivity index (χ0v) is 15.9. The normalized spacial score (nSPS) is 17.4. The number of piperazine rings is 1. The van der Waals surface area contributed by atoms with Crippen LogP contribution in [0.25, 0.3) is 0 Å². The van der Waals surface area contributed by atoms with Gasteiger partial charge in [0.05, 0.1) is 12.6 Å². The number of nitrogens with one attached hydrogen (secondary N) is 1. The summed E-state index contributed by atoms with van der Waals surface area (Å²) in [5.41, 5.74) is 2.00. The van der Waals surface area contributed by atoms with Gasteiger partial charge < -0.3 is 19.7 Å². The van der Waals surface area contributed by atoms with Crippen molar-refractivity contribution in [3.8, 4) is 11.5 Å². The Morgan fingerprint density at radius 3 is 2.54 bits per heavy atom. The molecule has 0 saturated carbocycles. The van der Waals surface area contributed by atoms with Gasteiger partial charge in [0.1, 0.15) is 5.82 Å². The minimum Gasteiger partial charge on any atom is -0.454 e. The summed E-state index contributed by atoms with van der Waals surface area (Å²) in [7, 11) is 0. The first-order valence-corrected chi connectivity index (χ1v) is 9.50. The van der Waals surface area contributed by atoms with Crippen LogP contribution in [0.5, 0.6) is 11.5 Å². The van der Waals surface area contributed by atoms with Gasteiger partial charge in [0.2, 0.25) is 12.7 Å². The molecule has 0 spiro atoms. The van der Waals surface area contributed by atoms with Gasteiger partial charge in [-0.3, -0.25) is 9.69 Å². The summed E-state index contributed by atoms with van der Waals surface area (Å²) >= 11 is 0. The van der Waals surface area contributed by atoms with Crippen molar-refractivity contribution in [1.82, 2.24) is 10.2 Å². The molecule has 4 rings (SSSR count). The van der Waals surface area contributed by atoms with Crippen molar-refractivity contribution in [2.45, 2.75) is 13.0 Å². The van der Waals surface area contributed by atoms with Crippen LogP contribution in [0.3, 0.4) is 0 Å². The van der Waals surface area contributed by atoms with Gasteiger partial charge in [-0.05, 0) is 48.9 Å². The number of hydrogen-bond donors (Lipinski definition) is 1. The highest BCUT2D eigenvalue weighted by atomic mass is 19.1. The maximum absolute atomic E-state index is 13.1. The Bertz CT molecular complexity index is 835. The van der Waals surface area contributed by atoms with E-state index in [4.69, 9.17) is 9.47 Å². The molecule has 0 aliphatic carbocycles. The van der Waals surface area contributed by atoms with Crippen molar-refractivity contribution in [3.63, 3.8) is 0 Å². The quantitative estimate of drug-likeness (QED) is 0.857. The Kier molecular flexibility index (Phi) is 5.34. The number of halogens is 1.